The predicted octanol–water partition coefficient (Wildman–Crippen LogP) is 4.39. The number of hydrogen-bond donors (Lipinski definition) is 0. The normalized spacial score (nSPS) is 16.8. The molecule has 1 fully saturated rings. The first-order valence-electron chi connectivity index (χ1n) is 9.42. The van der Waals surface area contributed by atoms with Gasteiger partial charge < -0.3 is 9.64 Å². The SMILES string of the molecule is COc1ccccc1-n1cc(C(=O)N2CCCC[C@@H]2c2ccc(F)cc2)cn1. The summed E-state index contributed by atoms with van der Waals surface area (Å²) in [5, 5.41) is 4.36. The maximum absolute atomic E-state index is 13.3. The molecule has 4 rings (SSSR count). The van der Waals surface area contributed by atoms with E-state index < -0.39 is 0 Å². The molecule has 1 atom stereocenters. The lowest BCUT2D eigenvalue weighted by Gasteiger charge is -2.36. The molecular weight excluding hydrogens is 357 g/mol. The summed E-state index contributed by atoms with van der Waals surface area (Å²) in [6.45, 7) is 0.681. The molecule has 0 aliphatic carbocycles. The van der Waals surface area contributed by atoms with E-state index in [4.69, 9.17) is 4.74 Å². The third-order valence-electron chi connectivity index (χ3n) is 5.18. The maximum Gasteiger partial charge on any atom is 0.257 e. The van der Waals surface area contributed by atoms with Gasteiger partial charge in [0.05, 0.1) is 24.9 Å². The molecule has 1 aromatic heterocycles. The van der Waals surface area contributed by atoms with Crippen LogP contribution in [0.3, 0.4) is 0 Å². The minimum absolute atomic E-state index is 0.0449. The van der Waals surface area contributed by atoms with Crippen LogP contribution in [0, 0.1) is 5.82 Å². The molecule has 3 aromatic rings. The van der Waals surface area contributed by atoms with Gasteiger partial charge in [0.1, 0.15) is 17.3 Å². The van der Waals surface area contributed by atoms with Crippen LogP contribution in [0.15, 0.2) is 60.9 Å². The smallest absolute Gasteiger partial charge is 0.257 e. The Hall–Kier alpha value is -3.15. The number of para-hydroxylation sites is 2. The van der Waals surface area contributed by atoms with Gasteiger partial charge >= 0.3 is 0 Å². The monoisotopic (exact) mass is 379 g/mol. The molecular formula is C22H22FN3O2. The highest BCUT2D eigenvalue weighted by atomic mass is 19.1. The van der Waals surface area contributed by atoms with Gasteiger partial charge in [-0.2, -0.15) is 5.10 Å². The zero-order valence-corrected chi connectivity index (χ0v) is 15.7. The second-order valence-electron chi connectivity index (χ2n) is 6.91. The highest BCUT2D eigenvalue weighted by molar-refractivity contribution is 5.94. The first-order valence-corrected chi connectivity index (χ1v) is 9.42. The topological polar surface area (TPSA) is 47.4 Å². The molecule has 2 heterocycles. The number of ether oxygens (including phenoxy) is 1. The molecule has 1 aliphatic heterocycles. The summed E-state index contributed by atoms with van der Waals surface area (Å²) in [4.78, 5) is 15.1. The Kier molecular flexibility index (Phi) is 5.10. The Bertz CT molecular complexity index is 968. The standard InChI is InChI=1S/C22H22FN3O2/c1-28-21-8-3-2-7-20(21)26-15-17(14-24-26)22(27)25-13-5-4-6-19(25)16-9-11-18(23)12-10-16/h2-3,7-12,14-15,19H,4-6,13H2,1H3/t19-/m1/s1. The summed E-state index contributed by atoms with van der Waals surface area (Å²) in [6.07, 6.45) is 6.20. The quantitative estimate of drug-likeness (QED) is 0.676. The highest BCUT2D eigenvalue weighted by Crippen LogP contribution is 2.32. The van der Waals surface area contributed by atoms with Crippen molar-refractivity contribution in [2.24, 2.45) is 0 Å². The van der Waals surface area contributed by atoms with Crippen LogP contribution in [0.1, 0.15) is 41.2 Å². The van der Waals surface area contributed by atoms with Crippen LogP contribution in [0.5, 0.6) is 5.75 Å². The van der Waals surface area contributed by atoms with Gasteiger partial charge in [0, 0.05) is 12.7 Å². The molecule has 2 aromatic carbocycles. The lowest BCUT2D eigenvalue weighted by atomic mass is 9.94. The van der Waals surface area contributed by atoms with E-state index in [1.165, 1.54) is 12.1 Å². The first kappa shape index (κ1) is 18.2. The molecule has 144 valence electrons. The molecule has 1 aliphatic rings. The van der Waals surface area contributed by atoms with Gasteiger partial charge in [0.2, 0.25) is 0 Å². The number of halogens is 1. The number of likely N-dealkylation sites (tertiary alicyclic amines) is 1. The summed E-state index contributed by atoms with van der Waals surface area (Å²) in [5.41, 5.74) is 2.27. The lowest BCUT2D eigenvalue weighted by molar-refractivity contribution is 0.0611. The molecule has 0 N–H and O–H groups in total. The van der Waals surface area contributed by atoms with Gasteiger partial charge in [-0.1, -0.05) is 24.3 Å². The van der Waals surface area contributed by atoms with E-state index in [0.717, 1.165) is 30.5 Å². The van der Waals surface area contributed by atoms with Crippen molar-refractivity contribution in [1.82, 2.24) is 14.7 Å². The zero-order valence-electron chi connectivity index (χ0n) is 15.7. The van der Waals surface area contributed by atoms with Crippen LogP contribution < -0.4 is 4.74 Å². The van der Waals surface area contributed by atoms with E-state index in [9.17, 15) is 9.18 Å². The van der Waals surface area contributed by atoms with Crippen LogP contribution in [-0.4, -0.2) is 34.2 Å². The van der Waals surface area contributed by atoms with Crippen molar-refractivity contribution in [2.45, 2.75) is 25.3 Å². The van der Waals surface area contributed by atoms with Crippen molar-refractivity contribution >= 4 is 5.91 Å². The number of amides is 1. The van der Waals surface area contributed by atoms with Gasteiger partial charge in [-0.25, -0.2) is 9.07 Å². The maximum atomic E-state index is 13.3. The second-order valence-corrected chi connectivity index (χ2v) is 6.91. The molecule has 1 saturated heterocycles. The number of rotatable bonds is 4. The van der Waals surface area contributed by atoms with Crippen LogP contribution >= 0.6 is 0 Å². The fourth-order valence-corrected chi connectivity index (χ4v) is 3.76. The minimum Gasteiger partial charge on any atom is -0.494 e. The van der Waals surface area contributed by atoms with Crippen LogP contribution in [-0.2, 0) is 0 Å². The number of carbonyl (C=O) groups is 1. The molecule has 1 amide bonds. The molecule has 0 spiro atoms. The van der Waals surface area contributed by atoms with Gasteiger partial charge in [-0.3, -0.25) is 4.79 Å². The van der Waals surface area contributed by atoms with Gasteiger partial charge in [-0.05, 0) is 49.1 Å². The number of nitrogens with zero attached hydrogens (tertiary/aromatic N) is 3. The average molecular weight is 379 g/mol. The Morgan fingerprint density at radius 3 is 2.71 bits per heavy atom. The van der Waals surface area contributed by atoms with E-state index in [1.54, 1.807) is 36.3 Å². The van der Waals surface area contributed by atoms with Gasteiger partial charge in [0.25, 0.3) is 5.91 Å². The van der Waals surface area contributed by atoms with Crippen LogP contribution in [0.2, 0.25) is 0 Å². The van der Waals surface area contributed by atoms with Crippen LogP contribution in [0.4, 0.5) is 4.39 Å². The Morgan fingerprint density at radius 2 is 1.93 bits per heavy atom. The molecule has 0 unspecified atom stereocenters. The number of methoxy groups -OCH3 is 1. The van der Waals surface area contributed by atoms with Crippen LogP contribution in [0.25, 0.3) is 5.69 Å². The minimum atomic E-state index is -0.268. The van der Waals surface area contributed by atoms with E-state index in [1.807, 2.05) is 29.2 Å². The van der Waals surface area contributed by atoms with Gasteiger partial charge in [-0.15, -0.1) is 0 Å². The van der Waals surface area contributed by atoms with E-state index in [-0.39, 0.29) is 17.8 Å². The molecule has 0 bridgehead atoms. The lowest BCUT2D eigenvalue weighted by Crippen LogP contribution is -2.38. The predicted molar refractivity (Wildman–Crippen MR) is 104 cm³/mol. The molecule has 0 radical (unpaired) electrons. The zero-order chi connectivity index (χ0) is 19.5. The summed E-state index contributed by atoms with van der Waals surface area (Å²) in [7, 11) is 1.61. The molecule has 28 heavy (non-hydrogen) atoms. The Morgan fingerprint density at radius 1 is 1.14 bits per heavy atom. The van der Waals surface area contributed by atoms with Crippen molar-refractivity contribution in [3.05, 3.63) is 77.9 Å². The summed E-state index contributed by atoms with van der Waals surface area (Å²) in [5.74, 6) is 0.359. The number of piperidine rings is 1. The largest absolute Gasteiger partial charge is 0.494 e. The van der Waals surface area contributed by atoms with E-state index in [2.05, 4.69) is 5.10 Å². The summed E-state index contributed by atoms with van der Waals surface area (Å²) >= 11 is 0. The van der Waals surface area contributed by atoms with Crippen molar-refractivity contribution in [1.29, 1.82) is 0 Å². The first-order chi connectivity index (χ1) is 13.7. The third kappa shape index (κ3) is 3.50. The van der Waals surface area contributed by atoms with Crippen molar-refractivity contribution in [3.8, 4) is 11.4 Å². The Labute approximate surface area is 163 Å². The number of aromatic nitrogens is 2. The van der Waals surface area contributed by atoms with E-state index >= 15 is 0 Å². The fraction of sp³-hybridized carbons (Fsp3) is 0.273. The van der Waals surface area contributed by atoms with Crippen molar-refractivity contribution in [2.75, 3.05) is 13.7 Å². The fourth-order valence-electron chi connectivity index (χ4n) is 3.76. The van der Waals surface area contributed by atoms with Crippen molar-refractivity contribution < 1.29 is 13.9 Å². The number of carbonyl (C=O) groups excluding carboxylic acids is 1. The average Bonchev–Trinajstić information content (AvgIpc) is 3.24. The number of benzene rings is 2. The summed E-state index contributed by atoms with van der Waals surface area (Å²) < 4.78 is 20.3. The highest BCUT2D eigenvalue weighted by Gasteiger charge is 2.29. The summed E-state index contributed by atoms with van der Waals surface area (Å²) in [6, 6.07) is 13.9. The molecule has 0 saturated carbocycles. The van der Waals surface area contributed by atoms with Crippen molar-refractivity contribution in [3.63, 3.8) is 0 Å². The molecule has 6 heteroatoms. The van der Waals surface area contributed by atoms with E-state index in [0.29, 0.717) is 17.9 Å². The number of hydrogen-bond acceptors (Lipinski definition) is 3. The van der Waals surface area contributed by atoms with Gasteiger partial charge in [0.15, 0.2) is 0 Å². The Balaban J connectivity index is 1.61. The third-order valence-corrected chi connectivity index (χ3v) is 5.18. The molecule has 5 nitrogen and oxygen atoms in total. The second kappa shape index (κ2) is 7.84.